The van der Waals surface area contributed by atoms with Crippen LogP contribution >= 0.6 is 11.6 Å². The quantitative estimate of drug-likeness (QED) is 0.677. The van der Waals surface area contributed by atoms with Gasteiger partial charge in [0.05, 0.1) is 6.10 Å². The maximum absolute atomic E-state index is 9.55. The lowest BCUT2D eigenvalue weighted by molar-refractivity contribution is 0.182. The van der Waals surface area contributed by atoms with E-state index in [1.165, 1.54) is 6.07 Å². The SMILES string of the molecule is Cc1cc(Cl)cc(C(O)CN)c1O. The average molecular weight is 202 g/mol. The predicted molar refractivity (Wildman–Crippen MR) is 51.9 cm³/mol. The Kier molecular flexibility index (Phi) is 3.14. The molecular formula is C9H12ClNO2. The van der Waals surface area contributed by atoms with Crippen molar-refractivity contribution in [2.45, 2.75) is 13.0 Å². The van der Waals surface area contributed by atoms with E-state index >= 15 is 0 Å². The summed E-state index contributed by atoms with van der Waals surface area (Å²) in [5.74, 6) is 0.0577. The molecule has 1 aromatic carbocycles. The maximum atomic E-state index is 9.55. The van der Waals surface area contributed by atoms with Gasteiger partial charge in [0, 0.05) is 17.1 Å². The zero-order chi connectivity index (χ0) is 10.0. The van der Waals surface area contributed by atoms with Gasteiger partial charge in [-0.3, -0.25) is 0 Å². The summed E-state index contributed by atoms with van der Waals surface area (Å²) in [7, 11) is 0. The van der Waals surface area contributed by atoms with Gasteiger partial charge in [-0.15, -0.1) is 0 Å². The minimum atomic E-state index is -0.864. The van der Waals surface area contributed by atoms with Crippen molar-refractivity contribution < 1.29 is 10.2 Å². The largest absolute Gasteiger partial charge is 0.507 e. The van der Waals surface area contributed by atoms with E-state index < -0.39 is 6.10 Å². The van der Waals surface area contributed by atoms with Crippen LogP contribution in [0.25, 0.3) is 0 Å². The van der Waals surface area contributed by atoms with Gasteiger partial charge in [-0.1, -0.05) is 11.6 Å². The molecule has 0 aliphatic carbocycles. The zero-order valence-electron chi connectivity index (χ0n) is 7.29. The minimum absolute atomic E-state index is 0.0577. The van der Waals surface area contributed by atoms with E-state index in [4.69, 9.17) is 17.3 Å². The number of nitrogens with two attached hydrogens (primary N) is 1. The van der Waals surface area contributed by atoms with Crippen LogP contribution < -0.4 is 5.73 Å². The van der Waals surface area contributed by atoms with E-state index in [2.05, 4.69) is 0 Å². The Labute approximate surface area is 81.8 Å². The first kappa shape index (κ1) is 10.3. The van der Waals surface area contributed by atoms with Crippen LogP contribution in [0.5, 0.6) is 5.75 Å². The molecular weight excluding hydrogens is 190 g/mol. The van der Waals surface area contributed by atoms with Crippen molar-refractivity contribution >= 4 is 11.6 Å². The summed E-state index contributed by atoms with van der Waals surface area (Å²) >= 11 is 5.76. The van der Waals surface area contributed by atoms with Crippen molar-refractivity contribution in [1.82, 2.24) is 0 Å². The Balaban J connectivity index is 3.20. The van der Waals surface area contributed by atoms with Crippen LogP contribution in [-0.4, -0.2) is 16.8 Å². The highest BCUT2D eigenvalue weighted by Crippen LogP contribution is 2.30. The maximum Gasteiger partial charge on any atom is 0.124 e. The van der Waals surface area contributed by atoms with E-state index in [9.17, 15) is 10.2 Å². The molecule has 0 fully saturated rings. The number of aryl methyl sites for hydroxylation is 1. The summed E-state index contributed by atoms with van der Waals surface area (Å²) < 4.78 is 0. The summed E-state index contributed by atoms with van der Waals surface area (Å²) in [6, 6.07) is 3.14. The number of aliphatic hydroxyl groups is 1. The topological polar surface area (TPSA) is 66.5 Å². The number of halogens is 1. The van der Waals surface area contributed by atoms with Crippen LogP contribution in [0.1, 0.15) is 17.2 Å². The molecule has 0 spiro atoms. The Hall–Kier alpha value is -0.770. The van der Waals surface area contributed by atoms with Crippen LogP contribution in [0, 0.1) is 6.92 Å². The lowest BCUT2D eigenvalue weighted by Gasteiger charge is -2.12. The van der Waals surface area contributed by atoms with Crippen molar-refractivity contribution in [1.29, 1.82) is 0 Å². The van der Waals surface area contributed by atoms with Crippen LogP contribution in [0.2, 0.25) is 5.02 Å². The van der Waals surface area contributed by atoms with E-state index in [-0.39, 0.29) is 12.3 Å². The van der Waals surface area contributed by atoms with Crippen LogP contribution in [-0.2, 0) is 0 Å². The number of hydrogen-bond acceptors (Lipinski definition) is 3. The third-order valence-electron chi connectivity index (χ3n) is 1.88. The second-order valence-corrected chi connectivity index (χ2v) is 3.35. The molecule has 0 bridgehead atoms. The Bertz CT molecular complexity index is 315. The van der Waals surface area contributed by atoms with Crippen LogP contribution in [0.3, 0.4) is 0 Å². The molecule has 1 atom stereocenters. The summed E-state index contributed by atoms with van der Waals surface area (Å²) in [6.45, 7) is 1.78. The molecule has 0 aliphatic rings. The van der Waals surface area contributed by atoms with Gasteiger partial charge in [-0.25, -0.2) is 0 Å². The molecule has 0 amide bonds. The first-order chi connectivity index (χ1) is 6.06. The second kappa shape index (κ2) is 3.96. The Morgan fingerprint density at radius 1 is 1.54 bits per heavy atom. The molecule has 4 N–H and O–H groups in total. The summed E-state index contributed by atoms with van der Waals surface area (Å²) in [5, 5.41) is 19.4. The molecule has 4 heteroatoms. The lowest BCUT2D eigenvalue weighted by atomic mass is 10.0. The van der Waals surface area contributed by atoms with Crippen molar-refractivity contribution in [3.8, 4) is 5.75 Å². The molecule has 1 unspecified atom stereocenters. The fraction of sp³-hybridized carbons (Fsp3) is 0.333. The number of hydrogen-bond donors (Lipinski definition) is 3. The van der Waals surface area contributed by atoms with Crippen molar-refractivity contribution in [2.75, 3.05) is 6.54 Å². The van der Waals surface area contributed by atoms with Crippen LogP contribution in [0.4, 0.5) is 0 Å². The molecule has 13 heavy (non-hydrogen) atoms. The summed E-state index contributed by atoms with van der Waals surface area (Å²) in [4.78, 5) is 0. The van der Waals surface area contributed by atoms with Gasteiger partial charge in [-0.05, 0) is 24.6 Å². The van der Waals surface area contributed by atoms with Gasteiger partial charge in [0.2, 0.25) is 0 Å². The highest BCUT2D eigenvalue weighted by Gasteiger charge is 2.13. The van der Waals surface area contributed by atoms with Crippen molar-refractivity contribution in [3.05, 3.63) is 28.3 Å². The molecule has 0 aliphatic heterocycles. The Morgan fingerprint density at radius 3 is 2.69 bits per heavy atom. The van der Waals surface area contributed by atoms with E-state index in [1.54, 1.807) is 13.0 Å². The first-order valence-corrected chi connectivity index (χ1v) is 4.31. The number of aromatic hydroxyl groups is 1. The molecule has 3 nitrogen and oxygen atoms in total. The van der Waals surface area contributed by atoms with Gasteiger partial charge in [0.1, 0.15) is 5.75 Å². The molecule has 1 aromatic rings. The highest BCUT2D eigenvalue weighted by atomic mass is 35.5. The van der Waals surface area contributed by atoms with Gasteiger partial charge in [0.25, 0.3) is 0 Å². The number of aliphatic hydroxyl groups excluding tert-OH is 1. The molecule has 0 aromatic heterocycles. The molecule has 72 valence electrons. The second-order valence-electron chi connectivity index (χ2n) is 2.91. The number of phenolic OH excluding ortho intramolecular Hbond substituents is 1. The van der Waals surface area contributed by atoms with E-state index in [1.807, 2.05) is 0 Å². The normalized spacial score (nSPS) is 12.9. The fourth-order valence-electron chi connectivity index (χ4n) is 1.14. The smallest absolute Gasteiger partial charge is 0.124 e. The molecule has 0 radical (unpaired) electrons. The minimum Gasteiger partial charge on any atom is -0.507 e. The van der Waals surface area contributed by atoms with Gasteiger partial charge in [-0.2, -0.15) is 0 Å². The lowest BCUT2D eigenvalue weighted by Crippen LogP contribution is -2.11. The molecule has 0 saturated carbocycles. The van der Waals surface area contributed by atoms with Gasteiger partial charge >= 0.3 is 0 Å². The number of phenols is 1. The molecule has 1 rings (SSSR count). The van der Waals surface area contributed by atoms with E-state index in [0.717, 1.165) is 0 Å². The zero-order valence-corrected chi connectivity index (χ0v) is 8.04. The third-order valence-corrected chi connectivity index (χ3v) is 2.10. The monoisotopic (exact) mass is 201 g/mol. The number of rotatable bonds is 2. The third kappa shape index (κ3) is 2.12. The highest BCUT2D eigenvalue weighted by molar-refractivity contribution is 6.30. The summed E-state index contributed by atoms with van der Waals surface area (Å²) in [6.07, 6.45) is -0.864. The van der Waals surface area contributed by atoms with Gasteiger partial charge in [0.15, 0.2) is 0 Å². The number of benzene rings is 1. The Morgan fingerprint density at radius 2 is 2.15 bits per heavy atom. The van der Waals surface area contributed by atoms with Crippen molar-refractivity contribution in [3.63, 3.8) is 0 Å². The van der Waals surface area contributed by atoms with Crippen LogP contribution in [0.15, 0.2) is 12.1 Å². The molecule has 0 saturated heterocycles. The van der Waals surface area contributed by atoms with Crippen molar-refractivity contribution in [2.24, 2.45) is 5.73 Å². The fourth-order valence-corrected chi connectivity index (χ4v) is 1.42. The van der Waals surface area contributed by atoms with E-state index in [0.29, 0.717) is 16.1 Å². The average Bonchev–Trinajstić information content (AvgIpc) is 2.10. The first-order valence-electron chi connectivity index (χ1n) is 3.93. The van der Waals surface area contributed by atoms with Gasteiger partial charge < -0.3 is 15.9 Å². The predicted octanol–water partition coefficient (Wildman–Crippen LogP) is 1.35. The summed E-state index contributed by atoms with van der Waals surface area (Å²) in [5.41, 5.74) is 6.29. The molecule has 0 heterocycles. The standard InChI is InChI=1S/C9H12ClNO2/c1-5-2-6(10)3-7(9(5)13)8(12)4-11/h2-3,8,12-13H,4,11H2,1H3.